The molecule has 2 aliphatic rings. The van der Waals surface area contributed by atoms with E-state index < -0.39 is 0 Å². The molecule has 0 aromatic carbocycles. The molecule has 174 valence electrons. The minimum atomic E-state index is -0.343. The SMILES string of the molecule is CCCc1nnc(-c2cnc(N3CCN(C4CCN(B(C)O)CC4)[C@@H](CC)C3)c(C)n2)o1. The van der Waals surface area contributed by atoms with Gasteiger partial charge in [-0.05, 0) is 52.5 Å². The molecule has 32 heavy (non-hydrogen) atoms. The number of anilines is 1. The molecular weight excluding hydrogens is 405 g/mol. The molecular formula is C22H36BN7O2. The van der Waals surface area contributed by atoms with Crippen molar-refractivity contribution in [2.75, 3.05) is 37.6 Å². The van der Waals surface area contributed by atoms with Crippen molar-refractivity contribution in [1.29, 1.82) is 0 Å². The molecule has 2 fully saturated rings. The van der Waals surface area contributed by atoms with Crippen LogP contribution in [0.25, 0.3) is 11.6 Å². The van der Waals surface area contributed by atoms with Crippen LogP contribution < -0.4 is 4.90 Å². The Morgan fingerprint density at radius 1 is 1.16 bits per heavy atom. The number of hydrogen-bond acceptors (Lipinski definition) is 9. The maximum atomic E-state index is 9.86. The summed E-state index contributed by atoms with van der Waals surface area (Å²) >= 11 is 0. The normalized spacial score (nSPS) is 21.3. The van der Waals surface area contributed by atoms with Crippen molar-refractivity contribution in [3.8, 4) is 11.6 Å². The van der Waals surface area contributed by atoms with E-state index in [9.17, 15) is 5.02 Å². The Balaban J connectivity index is 1.41. The molecule has 1 N–H and O–H groups in total. The summed E-state index contributed by atoms with van der Waals surface area (Å²) in [6, 6.07) is 1.10. The zero-order valence-corrected chi connectivity index (χ0v) is 19.9. The zero-order chi connectivity index (χ0) is 22.7. The first-order chi connectivity index (χ1) is 15.5. The van der Waals surface area contributed by atoms with Crippen LogP contribution in [0.2, 0.25) is 6.82 Å². The van der Waals surface area contributed by atoms with Crippen molar-refractivity contribution in [3.05, 3.63) is 17.8 Å². The lowest BCUT2D eigenvalue weighted by Gasteiger charge is -2.48. The molecule has 1 atom stereocenters. The predicted molar refractivity (Wildman–Crippen MR) is 125 cm³/mol. The van der Waals surface area contributed by atoms with E-state index in [-0.39, 0.29) is 7.05 Å². The lowest BCUT2D eigenvalue weighted by molar-refractivity contribution is 0.0774. The summed E-state index contributed by atoms with van der Waals surface area (Å²) < 4.78 is 5.72. The molecule has 0 spiro atoms. The highest BCUT2D eigenvalue weighted by Gasteiger charge is 2.34. The van der Waals surface area contributed by atoms with Gasteiger partial charge >= 0.3 is 7.05 Å². The van der Waals surface area contributed by atoms with Crippen LogP contribution >= 0.6 is 0 Å². The topological polar surface area (TPSA) is 94.7 Å². The van der Waals surface area contributed by atoms with Gasteiger partial charge < -0.3 is 19.2 Å². The van der Waals surface area contributed by atoms with Crippen LogP contribution in [-0.2, 0) is 6.42 Å². The maximum absolute atomic E-state index is 9.86. The monoisotopic (exact) mass is 441 g/mol. The van der Waals surface area contributed by atoms with Crippen LogP contribution in [0.5, 0.6) is 0 Å². The lowest BCUT2D eigenvalue weighted by atomic mass is 9.82. The molecule has 4 heterocycles. The van der Waals surface area contributed by atoms with Crippen LogP contribution in [0.3, 0.4) is 0 Å². The van der Waals surface area contributed by atoms with E-state index in [4.69, 9.17) is 14.4 Å². The summed E-state index contributed by atoms with van der Waals surface area (Å²) in [6.45, 7) is 13.1. The largest absolute Gasteiger partial charge is 0.437 e. The highest BCUT2D eigenvalue weighted by molar-refractivity contribution is 6.45. The first-order valence-electron chi connectivity index (χ1n) is 12.1. The second-order valence-electron chi connectivity index (χ2n) is 9.06. The summed E-state index contributed by atoms with van der Waals surface area (Å²) in [7, 11) is -0.343. The Labute approximate surface area is 191 Å². The van der Waals surface area contributed by atoms with E-state index in [0.717, 1.165) is 76.3 Å². The van der Waals surface area contributed by atoms with Crippen molar-refractivity contribution in [2.24, 2.45) is 0 Å². The Morgan fingerprint density at radius 2 is 1.94 bits per heavy atom. The third-order valence-electron chi connectivity index (χ3n) is 6.87. The van der Waals surface area contributed by atoms with Gasteiger partial charge in [0.2, 0.25) is 5.89 Å². The minimum Gasteiger partial charge on any atom is -0.437 e. The second kappa shape index (κ2) is 10.3. The van der Waals surface area contributed by atoms with E-state index in [1.54, 1.807) is 6.20 Å². The first kappa shape index (κ1) is 23.1. The molecule has 2 aromatic heterocycles. The van der Waals surface area contributed by atoms with Crippen LogP contribution in [0.1, 0.15) is 51.1 Å². The standard InChI is InChI=1S/C22H36BN7O2/c1-5-7-20-26-27-22(32-20)19-14-24-21(16(3)25-19)28-12-13-30(17(6-2)15-28)18-8-10-29(11-9-18)23(4)31/h14,17-18,31H,5-13,15H2,1-4H3/t17-/m0/s1. The van der Waals surface area contributed by atoms with Gasteiger partial charge in [-0.25, -0.2) is 9.97 Å². The van der Waals surface area contributed by atoms with Crippen molar-refractivity contribution in [2.45, 2.75) is 71.8 Å². The smallest absolute Gasteiger partial charge is 0.376 e. The van der Waals surface area contributed by atoms with Crippen LogP contribution in [0.15, 0.2) is 10.6 Å². The van der Waals surface area contributed by atoms with Crippen molar-refractivity contribution in [1.82, 2.24) is 29.9 Å². The summed E-state index contributed by atoms with van der Waals surface area (Å²) in [6.07, 6.45) is 6.86. The van der Waals surface area contributed by atoms with Gasteiger partial charge in [0, 0.05) is 38.1 Å². The summed E-state index contributed by atoms with van der Waals surface area (Å²) in [4.78, 5) is 16.7. The quantitative estimate of drug-likeness (QED) is 0.650. The molecule has 10 heteroatoms. The number of nitrogens with zero attached hydrogens (tertiary/aromatic N) is 7. The van der Waals surface area contributed by atoms with Gasteiger partial charge in [0.15, 0.2) is 0 Å². The molecule has 0 amide bonds. The van der Waals surface area contributed by atoms with Crippen molar-refractivity contribution >= 4 is 12.9 Å². The molecule has 2 aliphatic heterocycles. The number of aromatic nitrogens is 4. The molecule has 2 saturated heterocycles. The molecule has 0 saturated carbocycles. The zero-order valence-electron chi connectivity index (χ0n) is 19.9. The number of rotatable bonds is 7. The lowest BCUT2D eigenvalue weighted by Crippen LogP contribution is -2.59. The van der Waals surface area contributed by atoms with Gasteiger partial charge in [-0.2, -0.15) is 0 Å². The van der Waals surface area contributed by atoms with Crippen LogP contribution in [0, 0.1) is 6.92 Å². The van der Waals surface area contributed by atoms with Crippen LogP contribution in [-0.4, -0.2) is 86.8 Å². The molecule has 0 aliphatic carbocycles. The van der Waals surface area contributed by atoms with Crippen molar-refractivity contribution < 1.29 is 9.44 Å². The van der Waals surface area contributed by atoms with Gasteiger partial charge in [-0.15, -0.1) is 10.2 Å². The highest BCUT2D eigenvalue weighted by Crippen LogP contribution is 2.27. The van der Waals surface area contributed by atoms with Gasteiger partial charge in [0.25, 0.3) is 5.89 Å². The highest BCUT2D eigenvalue weighted by atomic mass is 16.4. The maximum Gasteiger partial charge on any atom is 0.376 e. The summed E-state index contributed by atoms with van der Waals surface area (Å²) in [5.74, 6) is 2.03. The fourth-order valence-electron chi connectivity index (χ4n) is 5.06. The molecule has 2 aromatic rings. The molecule has 0 radical (unpaired) electrons. The molecule has 4 rings (SSSR count). The van der Waals surface area contributed by atoms with E-state index in [1.165, 1.54) is 0 Å². The number of aryl methyl sites for hydroxylation is 2. The Hall–Kier alpha value is -2.04. The Morgan fingerprint density at radius 3 is 2.59 bits per heavy atom. The van der Waals surface area contributed by atoms with Crippen LogP contribution in [0.4, 0.5) is 5.82 Å². The second-order valence-corrected chi connectivity index (χ2v) is 9.06. The Bertz CT molecular complexity index is 885. The number of piperazine rings is 1. The molecule has 0 bridgehead atoms. The first-order valence-corrected chi connectivity index (χ1v) is 12.1. The van der Waals surface area contributed by atoms with E-state index in [1.807, 2.05) is 13.7 Å². The minimum absolute atomic E-state index is 0.343. The fourth-order valence-corrected chi connectivity index (χ4v) is 5.06. The number of piperidine rings is 1. The van der Waals surface area contributed by atoms with Gasteiger partial charge in [0.1, 0.15) is 11.5 Å². The average Bonchev–Trinajstić information content (AvgIpc) is 3.27. The third-order valence-corrected chi connectivity index (χ3v) is 6.87. The average molecular weight is 441 g/mol. The van der Waals surface area contributed by atoms with Crippen molar-refractivity contribution in [3.63, 3.8) is 0 Å². The van der Waals surface area contributed by atoms with E-state index in [0.29, 0.717) is 29.6 Å². The fraction of sp³-hybridized carbons (Fsp3) is 0.727. The third kappa shape index (κ3) is 4.97. The molecule has 0 unspecified atom stereocenters. The van der Waals surface area contributed by atoms with E-state index >= 15 is 0 Å². The summed E-state index contributed by atoms with van der Waals surface area (Å²) in [5, 5.41) is 18.1. The summed E-state index contributed by atoms with van der Waals surface area (Å²) in [5.41, 5.74) is 1.53. The van der Waals surface area contributed by atoms with E-state index in [2.05, 4.69) is 38.7 Å². The van der Waals surface area contributed by atoms with Gasteiger partial charge in [-0.1, -0.05) is 13.8 Å². The van der Waals surface area contributed by atoms with Gasteiger partial charge in [-0.3, -0.25) is 4.90 Å². The molecule has 9 nitrogen and oxygen atoms in total. The number of hydrogen-bond donors (Lipinski definition) is 1. The Kier molecular flexibility index (Phi) is 7.42. The predicted octanol–water partition coefficient (Wildman–Crippen LogP) is 2.26. The van der Waals surface area contributed by atoms with Gasteiger partial charge in [0.05, 0.1) is 11.9 Å².